The normalized spacial score (nSPS) is 11.3. The van der Waals surface area contributed by atoms with Crippen molar-refractivity contribution in [3.63, 3.8) is 0 Å². The van der Waals surface area contributed by atoms with Crippen molar-refractivity contribution in [3.8, 4) is 21.5 Å². The second kappa shape index (κ2) is 8.56. The van der Waals surface area contributed by atoms with Crippen molar-refractivity contribution in [2.45, 2.75) is 0 Å². The Balaban J connectivity index is 1.64. The summed E-state index contributed by atoms with van der Waals surface area (Å²) in [5.74, 6) is 1.26. The van der Waals surface area contributed by atoms with Gasteiger partial charge in [0.2, 0.25) is 5.13 Å². The van der Waals surface area contributed by atoms with Crippen molar-refractivity contribution in [2.75, 3.05) is 7.11 Å². The first-order valence-electron chi connectivity index (χ1n) is 9.96. The maximum Gasteiger partial charge on any atom is 0.268 e. The Kier molecular flexibility index (Phi) is 5.31. The summed E-state index contributed by atoms with van der Waals surface area (Å²) in [6.07, 6.45) is 3.76. The van der Waals surface area contributed by atoms with E-state index in [2.05, 4.69) is 10.2 Å². The Morgan fingerprint density at radius 2 is 1.62 bits per heavy atom. The molecule has 0 radical (unpaired) electrons. The number of methoxy groups -OCH3 is 1. The molecule has 0 bridgehead atoms. The molecular formula is C25H18N4O2S. The minimum atomic E-state index is -0.180. The van der Waals surface area contributed by atoms with Crippen LogP contribution in [0.2, 0.25) is 0 Å². The lowest BCUT2D eigenvalue weighted by atomic mass is 10.2. The van der Waals surface area contributed by atoms with Gasteiger partial charge in [0.1, 0.15) is 16.6 Å². The third kappa shape index (κ3) is 3.81. The van der Waals surface area contributed by atoms with E-state index in [4.69, 9.17) is 9.72 Å². The summed E-state index contributed by atoms with van der Waals surface area (Å²) < 4.78 is 6.74. The predicted octanol–water partition coefficient (Wildman–Crippen LogP) is 5.08. The lowest BCUT2D eigenvalue weighted by molar-refractivity contribution is 0.415. The number of hydrogen-bond acceptors (Lipinski definition) is 6. The number of benzene rings is 3. The van der Waals surface area contributed by atoms with Gasteiger partial charge in [-0.2, -0.15) is 0 Å². The minimum Gasteiger partial charge on any atom is -0.497 e. The highest BCUT2D eigenvalue weighted by Crippen LogP contribution is 2.27. The molecule has 3 aromatic carbocycles. The standard InChI is InChI=1S/C25H18N4O2S/c1-31-19-14-12-18(13-15-19)23-27-28-25(32-23)29-22(16-11-17-7-3-2-4-8-17)26-21-10-6-5-9-20(21)24(29)30/h2-16H,1H3/b16-11+. The lowest BCUT2D eigenvalue weighted by Crippen LogP contribution is -2.22. The van der Waals surface area contributed by atoms with E-state index in [1.807, 2.05) is 84.9 Å². The van der Waals surface area contributed by atoms with Crippen molar-refractivity contribution in [2.24, 2.45) is 0 Å². The van der Waals surface area contributed by atoms with Crippen LogP contribution in [0, 0.1) is 0 Å². The second-order valence-corrected chi connectivity index (χ2v) is 7.95. The molecule has 7 heteroatoms. The number of para-hydroxylation sites is 1. The van der Waals surface area contributed by atoms with Crippen LogP contribution in [-0.2, 0) is 0 Å². The zero-order chi connectivity index (χ0) is 21.9. The smallest absolute Gasteiger partial charge is 0.268 e. The van der Waals surface area contributed by atoms with Crippen molar-refractivity contribution < 1.29 is 4.74 Å². The average molecular weight is 439 g/mol. The quantitative estimate of drug-likeness (QED) is 0.383. The van der Waals surface area contributed by atoms with Crippen LogP contribution in [0.4, 0.5) is 0 Å². The highest BCUT2D eigenvalue weighted by Gasteiger charge is 2.16. The molecule has 0 aliphatic heterocycles. The topological polar surface area (TPSA) is 69.9 Å². The van der Waals surface area contributed by atoms with Crippen LogP contribution in [0.5, 0.6) is 5.75 Å². The zero-order valence-corrected chi connectivity index (χ0v) is 18.0. The Hall–Kier alpha value is -4.10. The summed E-state index contributed by atoms with van der Waals surface area (Å²) in [5.41, 5.74) is 2.37. The largest absolute Gasteiger partial charge is 0.497 e. The molecule has 5 aromatic rings. The Bertz CT molecular complexity index is 1470. The first-order valence-corrected chi connectivity index (χ1v) is 10.8. The first-order chi connectivity index (χ1) is 15.7. The van der Waals surface area contributed by atoms with Crippen molar-refractivity contribution >= 4 is 34.4 Å². The molecular weight excluding hydrogens is 420 g/mol. The van der Waals surface area contributed by atoms with E-state index in [1.54, 1.807) is 13.2 Å². The molecule has 0 saturated heterocycles. The van der Waals surface area contributed by atoms with E-state index in [0.717, 1.165) is 16.9 Å². The van der Waals surface area contributed by atoms with E-state index >= 15 is 0 Å². The maximum atomic E-state index is 13.4. The molecule has 0 aliphatic carbocycles. The molecule has 156 valence electrons. The van der Waals surface area contributed by atoms with Gasteiger partial charge in [-0.3, -0.25) is 4.79 Å². The third-order valence-corrected chi connectivity index (χ3v) is 5.93. The summed E-state index contributed by atoms with van der Waals surface area (Å²) in [5, 5.41) is 10.3. The Morgan fingerprint density at radius 1 is 0.875 bits per heavy atom. The highest BCUT2D eigenvalue weighted by molar-refractivity contribution is 7.17. The Morgan fingerprint density at radius 3 is 2.41 bits per heavy atom. The fourth-order valence-corrected chi connectivity index (χ4v) is 4.20. The number of aromatic nitrogens is 4. The molecule has 0 spiro atoms. The zero-order valence-electron chi connectivity index (χ0n) is 17.2. The predicted molar refractivity (Wildman–Crippen MR) is 128 cm³/mol. The van der Waals surface area contributed by atoms with E-state index in [0.29, 0.717) is 26.9 Å². The molecule has 6 nitrogen and oxygen atoms in total. The lowest BCUT2D eigenvalue weighted by Gasteiger charge is -2.07. The second-order valence-electron chi connectivity index (χ2n) is 6.99. The molecule has 0 atom stereocenters. The number of ether oxygens (including phenoxy) is 1. The van der Waals surface area contributed by atoms with Gasteiger partial charge in [-0.1, -0.05) is 59.9 Å². The molecule has 0 aliphatic rings. The van der Waals surface area contributed by atoms with Crippen LogP contribution in [0.1, 0.15) is 11.4 Å². The van der Waals surface area contributed by atoms with Crippen LogP contribution < -0.4 is 10.3 Å². The van der Waals surface area contributed by atoms with Crippen molar-refractivity contribution in [3.05, 3.63) is 101 Å². The average Bonchev–Trinajstić information content (AvgIpc) is 3.33. The van der Waals surface area contributed by atoms with Gasteiger partial charge in [0.25, 0.3) is 5.56 Å². The highest BCUT2D eigenvalue weighted by atomic mass is 32.1. The van der Waals surface area contributed by atoms with Gasteiger partial charge < -0.3 is 4.74 Å². The number of fused-ring (bicyclic) bond motifs is 1. The minimum absolute atomic E-state index is 0.180. The number of nitrogens with zero attached hydrogens (tertiary/aromatic N) is 4. The van der Waals surface area contributed by atoms with E-state index in [-0.39, 0.29) is 5.56 Å². The molecule has 0 N–H and O–H groups in total. The van der Waals surface area contributed by atoms with E-state index < -0.39 is 0 Å². The monoisotopic (exact) mass is 438 g/mol. The summed E-state index contributed by atoms with van der Waals surface area (Å²) in [6, 6.07) is 24.8. The molecule has 2 heterocycles. The third-order valence-electron chi connectivity index (χ3n) is 4.97. The van der Waals surface area contributed by atoms with Gasteiger partial charge in [0.15, 0.2) is 0 Å². The summed E-state index contributed by atoms with van der Waals surface area (Å²) in [6.45, 7) is 0. The number of hydrogen-bond donors (Lipinski definition) is 0. The fourth-order valence-electron chi connectivity index (χ4n) is 3.34. The van der Waals surface area contributed by atoms with Gasteiger partial charge in [-0.05, 0) is 48.0 Å². The molecule has 0 fully saturated rings. The van der Waals surface area contributed by atoms with Crippen molar-refractivity contribution in [1.29, 1.82) is 0 Å². The maximum absolute atomic E-state index is 13.4. The van der Waals surface area contributed by atoms with Gasteiger partial charge in [-0.15, -0.1) is 10.2 Å². The summed E-state index contributed by atoms with van der Waals surface area (Å²) >= 11 is 1.34. The van der Waals surface area contributed by atoms with Gasteiger partial charge in [-0.25, -0.2) is 9.55 Å². The van der Waals surface area contributed by atoms with Crippen LogP contribution >= 0.6 is 11.3 Å². The Labute approximate surface area is 188 Å². The van der Waals surface area contributed by atoms with Crippen LogP contribution in [-0.4, -0.2) is 26.9 Å². The molecule has 5 rings (SSSR count). The molecule has 32 heavy (non-hydrogen) atoms. The molecule has 0 saturated carbocycles. The molecule has 0 unspecified atom stereocenters. The molecule has 2 aromatic heterocycles. The summed E-state index contributed by atoms with van der Waals surface area (Å²) in [4.78, 5) is 18.1. The first kappa shape index (κ1) is 19.8. The van der Waals surface area contributed by atoms with Crippen LogP contribution in [0.15, 0.2) is 83.7 Å². The fraction of sp³-hybridized carbons (Fsp3) is 0.0400. The van der Waals surface area contributed by atoms with Crippen molar-refractivity contribution in [1.82, 2.24) is 19.7 Å². The van der Waals surface area contributed by atoms with E-state index in [1.165, 1.54) is 15.9 Å². The van der Waals surface area contributed by atoms with Crippen LogP contribution in [0.3, 0.4) is 0 Å². The molecule has 0 amide bonds. The van der Waals surface area contributed by atoms with E-state index in [9.17, 15) is 4.79 Å². The SMILES string of the molecule is COc1ccc(-c2nnc(-n3c(/C=C/c4ccccc4)nc4ccccc4c3=O)s2)cc1. The van der Waals surface area contributed by atoms with Gasteiger partial charge >= 0.3 is 0 Å². The summed E-state index contributed by atoms with van der Waals surface area (Å²) in [7, 11) is 1.63. The van der Waals surface area contributed by atoms with Gasteiger partial charge in [0, 0.05) is 5.56 Å². The number of rotatable bonds is 5. The van der Waals surface area contributed by atoms with Gasteiger partial charge in [0.05, 0.1) is 18.0 Å². The van der Waals surface area contributed by atoms with Crippen LogP contribution in [0.25, 0.3) is 38.8 Å².